The molecule has 2 unspecified atom stereocenters. The van der Waals surface area contributed by atoms with Gasteiger partial charge in [0.25, 0.3) is 0 Å². The molecule has 1 aliphatic carbocycles. The zero-order chi connectivity index (χ0) is 18.0. The molecule has 0 aromatic heterocycles. The molecule has 2 fully saturated rings. The number of ether oxygens (including phenoxy) is 2. The van der Waals surface area contributed by atoms with Gasteiger partial charge in [-0.15, -0.1) is 12.4 Å². The first-order valence-electron chi connectivity index (χ1n) is 8.58. The molecule has 1 heterocycles. The molecule has 26 heavy (non-hydrogen) atoms. The van der Waals surface area contributed by atoms with E-state index < -0.39 is 0 Å². The number of nitrogens with zero attached hydrogens (tertiary/aromatic N) is 1. The lowest BCUT2D eigenvalue weighted by Gasteiger charge is -2.19. The van der Waals surface area contributed by atoms with E-state index in [4.69, 9.17) is 15.2 Å². The number of methoxy groups -OCH3 is 2. The van der Waals surface area contributed by atoms with Crippen molar-refractivity contribution in [2.45, 2.75) is 25.3 Å². The number of anilines is 1. The highest BCUT2D eigenvalue weighted by Crippen LogP contribution is 2.33. The molecule has 144 valence electrons. The molecule has 8 heteroatoms. The first-order valence-corrected chi connectivity index (χ1v) is 8.58. The van der Waals surface area contributed by atoms with Crippen LogP contribution in [0.4, 0.5) is 5.69 Å². The van der Waals surface area contributed by atoms with Gasteiger partial charge < -0.3 is 25.4 Å². The number of amides is 2. The lowest BCUT2D eigenvalue weighted by atomic mass is 10.1. The number of hydrogen-bond acceptors (Lipinski definition) is 5. The molecule has 2 amide bonds. The van der Waals surface area contributed by atoms with E-state index in [9.17, 15) is 9.59 Å². The summed E-state index contributed by atoms with van der Waals surface area (Å²) in [4.78, 5) is 26.4. The summed E-state index contributed by atoms with van der Waals surface area (Å²) in [7, 11) is 3.12. The van der Waals surface area contributed by atoms with Gasteiger partial charge in [-0.3, -0.25) is 9.59 Å². The summed E-state index contributed by atoms with van der Waals surface area (Å²) < 4.78 is 10.5. The lowest BCUT2D eigenvalue weighted by molar-refractivity contribution is -0.126. The summed E-state index contributed by atoms with van der Waals surface area (Å²) in [6.45, 7) is 0.820. The summed E-state index contributed by atoms with van der Waals surface area (Å²) in [6, 6.07) is 5.29. The number of carbonyl (C=O) groups excluding carboxylic acids is 2. The maximum atomic E-state index is 12.4. The standard InChI is InChI=1S/C18H25N3O4.ClH/c1-24-14-6-13(7-15(8-14)25-2)21-10-12(5-17(21)22)18(23)20-9-16(19)11-3-4-11;/h6-8,11-12,16H,3-5,9-10,19H2,1-2H3,(H,20,23);1H. The summed E-state index contributed by atoms with van der Waals surface area (Å²) >= 11 is 0. The zero-order valence-electron chi connectivity index (χ0n) is 15.1. The van der Waals surface area contributed by atoms with Crippen LogP contribution >= 0.6 is 12.4 Å². The number of rotatable bonds is 7. The van der Waals surface area contributed by atoms with Crippen molar-refractivity contribution in [2.75, 3.05) is 32.2 Å². The second-order valence-corrected chi connectivity index (χ2v) is 6.72. The topological polar surface area (TPSA) is 93.9 Å². The van der Waals surface area contributed by atoms with Crippen LogP contribution in [-0.2, 0) is 9.59 Å². The van der Waals surface area contributed by atoms with E-state index in [-0.39, 0.29) is 42.6 Å². The monoisotopic (exact) mass is 383 g/mol. The Morgan fingerprint density at radius 1 is 1.27 bits per heavy atom. The third-order valence-corrected chi connectivity index (χ3v) is 4.88. The van der Waals surface area contributed by atoms with Crippen LogP contribution in [0.15, 0.2) is 18.2 Å². The zero-order valence-corrected chi connectivity index (χ0v) is 15.9. The van der Waals surface area contributed by atoms with Crippen LogP contribution in [-0.4, -0.2) is 45.2 Å². The van der Waals surface area contributed by atoms with E-state index in [1.54, 1.807) is 37.3 Å². The van der Waals surface area contributed by atoms with Crippen molar-refractivity contribution < 1.29 is 19.1 Å². The Balaban J connectivity index is 0.00000243. The molecule has 1 aromatic carbocycles. The van der Waals surface area contributed by atoms with E-state index in [2.05, 4.69) is 5.32 Å². The Labute approximate surface area is 159 Å². The third kappa shape index (κ3) is 4.59. The average molecular weight is 384 g/mol. The number of nitrogens with two attached hydrogens (primary N) is 1. The van der Waals surface area contributed by atoms with Crippen LogP contribution in [0.1, 0.15) is 19.3 Å². The lowest BCUT2D eigenvalue weighted by Crippen LogP contribution is -2.41. The highest BCUT2D eigenvalue weighted by Gasteiger charge is 2.36. The van der Waals surface area contributed by atoms with Crippen LogP contribution in [0.25, 0.3) is 0 Å². The molecule has 0 radical (unpaired) electrons. The summed E-state index contributed by atoms with van der Waals surface area (Å²) in [5.74, 6) is 1.18. The Morgan fingerprint density at radius 3 is 2.42 bits per heavy atom. The minimum Gasteiger partial charge on any atom is -0.497 e. The van der Waals surface area contributed by atoms with Crippen molar-refractivity contribution in [3.05, 3.63) is 18.2 Å². The summed E-state index contributed by atoms with van der Waals surface area (Å²) in [5, 5.41) is 2.89. The molecule has 0 spiro atoms. The van der Waals surface area contributed by atoms with Gasteiger partial charge in [0.05, 0.1) is 25.8 Å². The highest BCUT2D eigenvalue weighted by atomic mass is 35.5. The minimum absolute atomic E-state index is 0. The molecule has 2 aliphatic rings. The van der Waals surface area contributed by atoms with Gasteiger partial charge in [-0.2, -0.15) is 0 Å². The molecule has 7 nitrogen and oxygen atoms in total. The maximum Gasteiger partial charge on any atom is 0.227 e. The highest BCUT2D eigenvalue weighted by molar-refractivity contribution is 6.00. The van der Waals surface area contributed by atoms with Crippen molar-refractivity contribution in [1.82, 2.24) is 5.32 Å². The van der Waals surface area contributed by atoms with E-state index in [1.807, 2.05) is 0 Å². The van der Waals surface area contributed by atoms with Gasteiger partial charge in [0.15, 0.2) is 0 Å². The fourth-order valence-corrected chi connectivity index (χ4v) is 3.13. The largest absolute Gasteiger partial charge is 0.497 e. The van der Waals surface area contributed by atoms with E-state index in [0.29, 0.717) is 36.2 Å². The second kappa shape index (κ2) is 8.60. The van der Waals surface area contributed by atoms with Crippen LogP contribution in [0.5, 0.6) is 11.5 Å². The van der Waals surface area contributed by atoms with Gasteiger partial charge in [-0.25, -0.2) is 0 Å². The second-order valence-electron chi connectivity index (χ2n) is 6.72. The van der Waals surface area contributed by atoms with E-state index in [1.165, 1.54) is 0 Å². The number of benzene rings is 1. The van der Waals surface area contributed by atoms with Gasteiger partial charge in [-0.1, -0.05) is 0 Å². The van der Waals surface area contributed by atoms with Gasteiger partial charge in [-0.05, 0) is 18.8 Å². The van der Waals surface area contributed by atoms with Crippen LogP contribution in [0.3, 0.4) is 0 Å². The average Bonchev–Trinajstić information content (AvgIpc) is 3.40. The van der Waals surface area contributed by atoms with Gasteiger partial charge in [0.2, 0.25) is 11.8 Å². The van der Waals surface area contributed by atoms with E-state index in [0.717, 1.165) is 12.8 Å². The Bertz CT molecular complexity index is 644. The molecule has 1 saturated heterocycles. The first-order chi connectivity index (χ1) is 12.0. The normalized spacial score (nSPS) is 20.3. The molecule has 1 aromatic rings. The van der Waals surface area contributed by atoms with Crippen molar-refractivity contribution in [1.29, 1.82) is 0 Å². The predicted octanol–water partition coefficient (Wildman–Crippen LogP) is 1.33. The fraction of sp³-hybridized carbons (Fsp3) is 0.556. The fourth-order valence-electron chi connectivity index (χ4n) is 3.13. The van der Waals surface area contributed by atoms with Crippen molar-refractivity contribution in [3.63, 3.8) is 0 Å². The van der Waals surface area contributed by atoms with Crippen LogP contribution in [0, 0.1) is 11.8 Å². The summed E-state index contributed by atoms with van der Waals surface area (Å²) in [5.41, 5.74) is 6.69. The van der Waals surface area contributed by atoms with Crippen molar-refractivity contribution in [2.24, 2.45) is 17.6 Å². The van der Waals surface area contributed by atoms with Crippen LogP contribution in [0.2, 0.25) is 0 Å². The number of carbonyl (C=O) groups is 2. The number of hydrogen-bond donors (Lipinski definition) is 2. The molecule has 2 atom stereocenters. The Kier molecular flexibility index (Phi) is 6.72. The molecular weight excluding hydrogens is 358 g/mol. The molecular formula is C18H26ClN3O4. The van der Waals surface area contributed by atoms with Gasteiger partial charge in [0.1, 0.15) is 11.5 Å². The molecule has 0 bridgehead atoms. The molecule has 1 saturated carbocycles. The van der Waals surface area contributed by atoms with E-state index >= 15 is 0 Å². The number of nitrogens with one attached hydrogen (secondary N) is 1. The van der Waals surface area contributed by atoms with Crippen molar-refractivity contribution >= 4 is 29.9 Å². The third-order valence-electron chi connectivity index (χ3n) is 4.88. The van der Waals surface area contributed by atoms with Gasteiger partial charge in [0, 0.05) is 43.8 Å². The van der Waals surface area contributed by atoms with Gasteiger partial charge >= 0.3 is 0 Å². The smallest absolute Gasteiger partial charge is 0.227 e. The SMILES string of the molecule is COc1cc(OC)cc(N2CC(C(=O)NCC(N)C3CC3)CC2=O)c1.Cl. The molecule has 3 rings (SSSR count). The van der Waals surface area contributed by atoms with Crippen molar-refractivity contribution in [3.8, 4) is 11.5 Å². The molecule has 3 N–H and O–H groups in total. The first kappa shape index (κ1) is 20.3. The summed E-state index contributed by atoms with van der Waals surface area (Å²) in [6.07, 6.45) is 2.48. The van der Waals surface area contributed by atoms with Crippen LogP contribution < -0.4 is 25.4 Å². The molecule has 1 aliphatic heterocycles. The predicted molar refractivity (Wildman–Crippen MR) is 101 cm³/mol. The number of halogens is 1. The minimum atomic E-state index is -0.365. The Hall–Kier alpha value is -1.99. The quantitative estimate of drug-likeness (QED) is 0.740. The maximum absolute atomic E-state index is 12.4. The Morgan fingerprint density at radius 2 is 1.88 bits per heavy atom.